The standard InChI is InChI=1S/C12H22N2S/c1-5-13-11(6-9(2)3)7-12-8-15-10(4)14-12/h8-9,11,13H,5-7H2,1-4H3. The Morgan fingerprint density at radius 1 is 1.47 bits per heavy atom. The van der Waals surface area contributed by atoms with Gasteiger partial charge in [0.05, 0.1) is 10.7 Å². The van der Waals surface area contributed by atoms with Crippen molar-refractivity contribution in [2.24, 2.45) is 5.92 Å². The summed E-state index contributed by atoms with van der Waals surface area (Å²) < 4.78 is 0. The Morgan fingerprint density at radius 3 is 2.67 bits per heavy atom. The molecule has 1 N–H and O–H groups in total. The lowest BCUT2D eigenvalue weighted by Gasteiger charge is -2.18. The van der Waals surface area contributed by atoms with E-state index in [0.717, 1.165) is 18.9 Å². The van der Waals surface area contributed by atoms with Crippen molar-refractivity contribution in [3.63, 3.8) is 0 Å². The number of aromatic nitrogens is 1. The van der Waals surface area contributed by atoms with Gasteiger partial charge in [0.15, 0.2) is 0 Å². The van der Waals surface area contributed by atoms with Gasteiger partial charge in [0.2, 0.25) is 0 Å². The van der Waals surface area contributed by atoms with E-state index in [9.17, 15) is 0 Å². The number of rotatable bonds is 6. The summed E-state index contributed by atoms with van der Waals surface area (Å²) in [6.45, 7) is 9.83. The molecule has 0 aromatic carbocycles. The van der Waals surface area contributed by atoms with E-state index in [0.29, 0.717) is 6.04 Å². The van der Waals surface area contributed by atoms with Crippen molar-refractivity contribution in [2.75, 3.05) is 6.54 Å². The lowest BCUT2D eigenvalue weighted by Crippen LogP contribution is -2.32. The van der Waals surface area contributed by atoms with Crippen LogP contribution in [0, 0.1) is 12.8 Å². The minimum absolute atomic E-state index is 0.580. The number of hydrogen-bond acceptors (Lipinski definition) is 3. The molecule has 0 aliphatic rings. The Hall–Kier alpha value is -0.410. The maximum atomic E-state index is 4.52. The minimum atomic E-state index is 0.580. The zero-order valence-electron chi connectivity index (χ0n) is 10.2. The van der Waals surface area contributed by atoms with Gasteiger partial charge in [0.25, 0.3) is 0 Å². The normalized spacial score (nSPS) is 13.4. The molecule has 0 spiro atoms. The molecule has 86 valence electrons. The maximum absolute atomic E-state index is 4.52. The maximum Gasteiger partial charge on any atom is 0.0897 e. The van der Waals surface area contributed by atoms with Gasteiger partial charge in [-0.05, 0) is 25.8 Å². The van der Waals surface area contributed by atoms with Gasteiger partial charge in [-0.15, -0.1) is 11.3 Å². The van der Waals surface area contributed by atoms with Crippen LogP contribution in [0.2, 0.25) is 0 Å². The second-order valence-electron chi connectivity index (χ2n) is 4.45. The topological polar surface area (TPSA) is 24.9 Å². The first-order valence-electron chi connectivity index (χ1n) is 5.76. The summed E-state index contributed by atoms with van der Waals surface area (Å²) in [5.74, 6) is 0.744. The van der Waals surface area contributed by atoms with Crippen LogP contribution in [0.3, 0.4) is 0 Å². The van der Waals surface area contributed by atoms with Crippen LogP contribution >= 0.6 is 11.3 Å². The van der Waals surface area contributed by atoms with Gasteiger partial charge < -0.3 is 5.32 Å². The molecular formula is C12H22N2S. The summed E-state index contributed by atoms with van der Waals surface area (Å²) in [7, 11) is 0. The molecule has 1 unspecified atom stereocenters. The van der Waals surface area contributed by atoms with Crippen LogP contribution < -0.4 is 5.32 Å². The third kappa shape index (κ3) is 4.76. The van der Waals surface area contributed by atoms with Crippen molar-refractivity contribution < 1.29 is 0 Å². The molecule has 0 bridgehead atoms. The fourth-order valence-electron chi connectivity index (χ4n) is 1.85. The van der Waals surface area contributed by atoms with E-state index < -0.39 is 0 Å². The Morgan fingerprint density at radius 2 is 2.20 bits per heavy atom. The molecule has 1 rings (SSSR count). The van der Waals surface area contributed by atoms with Crippen molar-refractivity contribution in [3.05, 3.63) is 16.1 Å². The average molecular weight is 226 g/mol. The van der Waals surface area contributed by atoms with Crippen LogP contribution in [0.5, 0.6) is 0 Å². The quantitative estimate of drug-likeness (QED) is 0.806. The first-order chi connectivity index (χ1) is 7.11. The fourth-order valence-corrected chi connectivity index (χ4v) is 2.48. The summed E-state index contributed by atoms with van der Waals surface area (Å²) >= 11 is 1.74. The Bertz CT molecular complexity index is 281. The van der Waals surface area contributed by atoms with Gasteiger partial charge in [-0.25, -0.2) is 4.98 Å². The minimum Gasteiger partial charge on any atom is -0.314 e. The highest BCUT2D eigenvalue weighted by atomic mass is 32.1. The second kappa shape index (κ2) is 6.23. The van der Waals surface area contributed by atoms with E-state index in [1.807, 2.05) is 0 Å². The van der Waals surface area contributed by atoms with Gasteiger partial charge in [-0.2, -0.15) is 0 Å². The van der Waals surface area contributed by atoms with Crippen molar-refractivity contribution in [1.82, 2.24) is 10.3 Å². The molecule has 0 aliphatic carbocycles. The number of hydrogen-bond donors (Lipinski definition) is 1. The summed E-state index contributed by atoms with van der Waals surface area (Å²) in [5.41, 5.74) is 1.24. The molecule has 1 aromatic rings. The van der Waals surface area contributed by atoms with Crippen LogP contribution in [0.15, 0.2) is 5.38 Å². The molecule has 0 amide bonds. The molecule has 1 aromatic heterocycles. The van der Waals surface area contributed by atoms with Crippen molar-refractivity contribution in [3.8, 4) is 0 Å². The van der Waals surface area contributed by atoms with Crippen molar-refractivity contribution >= 4 is 11.3 Å². The highest BCUT2D eigenvalue weighted by Gasteiger charge is 2.11. The van der Waals surface area contributed by atoms with E-state index in [4.69, 9.17) is 0 Å². The molecule has 15 heavy (non-hydrogen) atoms. The zero-order valence-corrected chi connectivity index (χ0v) is 11.0. The fraction of sp³-hybridized carbons (Fsp3) is 0.750. The monoisotopic (exact) mass is 226 g/mol. The SMILES string of the molecule is CCNC(Cc1csc(C)n1)CC(C)C. The molecule has 0 fully saturated rings. The number of nitrogens with one attached hydrogen (secondary N) is 1. The summed E-state index contributed by atoms with van der Waals surface area (Å²) in [6, 6.07) is 0.580. The summed E-state index contributed by atoms with van der Waals surface area (Å²) in [4.78, 5) is 4.52. The molecule has 2 nitrogen and oxygen atoms in total. The van der Waals surface area contributed by atoms with E-state index in [1.54, 1.807) is 11.3 Å². The van der Waals surface area contributed by atoms with Gasteiger partial charge in [-0.1, -0.05) is 20.8 Å². The largest absolute Gasteiger partial charge is 0.314 e. The molecule has 1 heterocycles. The van der Waals surface area contributed by atoms with Gasteiger partial charge in [-0.3, -0.25) is 0 Å². The van der Waals surface area contributed by atoms with E-state index in [2.05, 4.69) is 43.4 Å². The molecule has 0 radical (unpaired) electrons. The van der Waals surface area contributed by atoms with E-state index >= 15 is 0 Å². The van der Waals surface area contributed by atoms with E-state index in [-0.39, 0.29) is 0 Å². The van der Waals surface area contributed by atoms with Crippen LogP contribution in [0.4, 0.5) is 0 Å². The van der Waals surface area contributed by atoms with E-state index in [1.165, 1.54) is 17.1 Å². The predicted octanol–water partition coefficient (Wildman–Crippen LogP) is 3.02. The third-order valence-electron chi connectivity index (χ3n) is 2.37. The van der Waals surface area contributed by atoms with Gasteiger partial charge >= 0.3 is 0 Å². The lowest BCUT2D eigenvalue weighted by atomic mass is 10.00. The average Bonchev–Trinajstić information content (AvgIpc) is 2.50. The molecular weight excluding hydrogens is 204 g/mol. The van der Waals surface area contributed by atoms with Crippen LogP contribution in [-0.4, -0.2) is 17.6 Å². The number of thiazole rings is 1. The van der Waals surface area contributed by atoms with Crippen molar-refractivity contribution in [2.45, 2.75) is 46.6 Å². The van der Waals surface area contributed by atoms with Gasteiger partial charge in [0, 0.05) is 17.8 Å². The summed E-state index contributed by atoms with van der Waals surface area (Å²) in [5, 5.41) is 6.89. The first-order valence-corrected chi connectivity index (χ1v) is 6.64. The summed E-state index contributed by atoms with van der Waals surface area (Å²) in [6.07, 6.45) is 2.29. The van der Waals surface area contributed by atoms with Gasteiger partial charge in [0.1, 0.15) is 0 Å². The highest BCUT2D eigenvalue weighted by molar-refractivity contribution is 7.09. The molecule has 0 saturated carbocycles. The molecule has 3 heteroatoms. The Balaban J connectivity index is 2.50. The number of aryl methyl sites for hydroxylation is 1. The number of nitrogens with zero attached hydrogens (tertiary/aromatic N) is 1. The smallest absolute Gasteiger partial charge is 0.0897 e. The second-order valence-corrected chi connectivity index (χ2v) is 5.51. The molecule has 0 aliphatic heterocycles. The molecule has 1 atom stereocenters. The molecule has 0 saturated heterocycles. The third-order valence-corrected chi connectivity index (χ3v) is 3.19. The first kappa shape index (κ1) is 12.7. The highest BCUT2D eigenvalue weighted by Crippen LogP contribution is 2.13. The Kier molecular flexibility index (Phi) is 5.26. The van der Waals surface area contributed by atoms with Crippen LogP contribution in [0.25, 0.3) is 0 Å². The number of likely N-dealkylation sites (N-methyl/N-ethyl adjacent to an activating group) is 1. The Labute approximate surface area is 97.1 Å². The van der Waals surface area contributed by atoms with Crippen LogP contribution in [-0.2, 0) is 6.42 Å². The predicted molar refractivity (Wildman–Crippen MR) is 67.5 cm³/mol. The van der Waals surface area contributed by atoms with Crippen LogP contribution in [0.1, 0.15) is 37.9 Å². The zero-order chi connectivity index (χ0) is 11.3. The van der Waals surface area contributed by atoms with Crippen molar-refractivity contribution in [1.29, 1.82) is 0 Å². The lowest BCUT2D eigenvalue weighted by molar-refractivity contribution is 0.421.